The van der Waals surface area contributed by atoms with Gasteiger partial charge >= 0.3 is 0 Å². The average molecular weight is 548 g/mol. The van der Waals surface area contributed by atoms with E-state index in [1.165, 1.54) is 0 Å². The average Bonchev–Trinajstić information content (AvgIpc) is 3.09. The highest BCUT2D eigenvalue weighted by atomic mass is 15.0. The van der Waals surface area contributed by atoms with Crippen LogP contribution in [0.4, 0.5) is 0 Å². The Morgan fingerprint density at radius 3 is 1.35 bits per heavy atom. The fraction of sp³-hybridized carbons (Fsp3) is 0. The van der Waals surface area contributed by atoms with Gasteiger partial charge in [-0.15, -0.1) is 0 Å². The number of hydrogen-bond donors (Lipinski definition) is 0. The summed E-state index contributed by atoms with van der Waals surface area (Å²) < 4.78 is 0. The number of aromatic nitrogens is 4. The number of pyridine rings is 1. The van der Waals surface area contributed by atoms with Crippen LogP contribution in [0.15, 0.2) is 152 Å². The highest BCUT2D eigenvalue weighted by Crippen LogP contribution is 2.30. The van der Waals surface area contributed by atoms with Crippen LogP contribution in [0.25, 0.3) is 67.5 Å². The lowest BCUT2D eigenvalue weighted by Crippen LogP contribution is -2.05. The second-order valence-electron chi connectivity index (χ2n) is 10.3. The van der Waals surface area contributed by atoms with E-state index in [9.17, 15) is 0 Å². The van der Waals surface area contributed by atoms with Crippen LogP contribution in [-0.2, 0) is 0 Å². The molecule has 0 N–H and O–H groups in total. The van der Waals surface area contributed by atoms with Gasteiger partial charge in [0.25, 0.3) is 0 Å². The van der Waals surface area contributed by atoms with Gasteiger partial charge in [0.2, 0.25) is 0 Å². The zero-order valence-corrected chi connectivity index (χ0v) is 23.3. The lowest BCUT2D eigenvalue weighted by molar-refractivity contribution is 1.07. The predicted molar refractivity (Wildman–Crippen MR) is 176 cm³/mol. The van der Waals surface area contributed by atoms with E-state index in [0.717, 1.165) is 50.1 Å². The van der Waals surface area contributed by atoms with Gasteiger partial charge in [0, 0.05) is 29.1 Å². The molecule has 0 atom stereocenters. The Morgan fingerprint density at radius 1 is 0.349 bits per heavy atom. The first-order valence-electron chi connectivity index (χ1n) is 14.1. The minimum Gasteiger partial charge on any atom is -0.264 e. The molecule has 0 saturated heterocycles. The highest BCUT2D eigenvalue weighted by molar-refractivity contribution is 6.33. The Bertz CT molecular complexity index is 1990. The first-order chi connectivity index (χ1) is 21.2. The molecule has 2 radical (unpaired) electrons. The normalized spacial score (nSPS) is 10.9. The van der Waals surface area contributed by atoms with E-state index in [4.69, 9.17) is 22.8 Å². The largest absolute Gasteiger partial charge is 0.264 e. The van der Waals surface area contributed by atoms with Crippen molar-refractivity contribution in [3.63, 3.8) is 0 Å². The van der Waals surface area contributed by atoms with Crippen molar-refractivity contribution < 1.29 is 0 Å². The summed E-state index contributed by atoms with van der Waals surface area (Å²) in [5, 5.41) is 0. The molecular weight excluding hydrogens is 523 g/mol. The molecule has 200 valence electrons. The van der Waals surface area contributed by atoms with E-state index in [2.05, 4.69) is 77.8 Å². The number of benzene rings is 5. The Kier molecular flexibility index (Phi) is 7.12. The first kappa shape index (κ1) is 26.2. The van der Waals surface area contributed by atoms with E-state index >= 15 is 0 Å². The fourth-order valence-corrected chi connectivity index (χ4v) is 5.13. The molecule has 5 aromatic carbocycles. The number of hydrogen-bond acceptors (Lipinski definition) is 4. The van der Waals surface area contributed by atoms with E-state index in [1.54, 1.807) is 6.20 Å². The molecule has 0 fully saturated rings. The summed E-state index contributed by atoms with van der Waals surface area (Å²) in [4.78, 5) is 19.0. The molecule has 0 saturated carbocycles. The van der Waals surface area contributed by atoms with Gasteiger partial charge in [0.05, 0.1) is 0 Å². The van der Waals surface area contributed by atoms with Crippen LogP contribution in [0.2, 0.25) is 0 Å². The number of nitrogens with zero attached hydrogens (tertiary/aromatic N) is 4. The van der Waals surface area contributed by atoms with Gasteiger partial charge < -0.3 is 0 Å². The molecule has 0 aliphatic rings. The lowest BCUT2D eigenvalue weighted by atomic mass is 9.89. The zero-order valence-electron chi connectivity index (χ0n) is 23.3. The molecule has 0 spiro atoms. The minimum atomic E-state index is 0.566. The van der Waals surface area contributed by atoms with Crippen LogP contribution in [0.5, 0.6) is 0 Å². The SMILES string of the molecule is [B]c1cc(-c2ccc(-c3cccnc3)cc2)cc(-c2nc(-c3ccccc3)nc(-c3ccc(-c4ccccc4)cc3)n2)c1. The van der Waals surface area contributed by atoms with Crippen molar-refractivity contribution >= 4 is 13.3 Å². The first-order valence-corrected chi connectivity index (χ1v) is 14.1. The third-order valence-corrected chi connectivity index (χ3v) is 7.34. The van der Waals surface area contributed by atoms with Crippen molar-refractivity contribution in [3.05, 3.63) is 152 Å². The maximum absolute atomic E-state index is 6.45. The van der Waals surface area contributed by atoms with E-state index in [0.29, 0.717) is 22.9 Å². The summed E-state index contributed by atoms with van der Waals surface area (Å²) in [6, 6.07) is 47.0. The summed E-state index contributed by atoms with van der Waals surface area (Å²) in [6.07, 6.45) is 3.65. The summed E-state index contributed by atoms with van der Waals surface area (Å²) >= 11 is 0. The quantitative estimate of drug-likeness (QED) is 0.197. The molecule has 2 aromatic heterocycles. The third-order valence-electron chi connectivity index (χ3n) is 7.34. The van der Waals surface area contributed by atoms with E-state index in [1.807, 2.05) is 72.9 Å². The summed E-state index contributed by atoms with van der Waals surface area (Å²) in [6.45, 7) is 0. The van der Waals surface area contributed by atoms with Gasteiger partial charge in [0.15, 0.2) is 17.5 Å². The molecule has 0 aliphatic heterocycles. The van der Waals surface area contributed by atoms with Crippen molar-refractivity contribution in [3.8, 4) is 67.5 Å². The molecule has 0 bridgehead atoms. The number of rotatable bonds is 6. The van der Waals surface area contributed by atoms with Crippen LogP contribution < -0.4 is 5.46 Å². The Balaban J connectivity index is 1.29. The minimum absolute atomic E-state index is 0.566. The van der Waals surface area contributed by atoms with Crippen LogP contribution in [0.1, 0.15) is 0 Å². The van der Waals surface area contributed by atoms with Crippen molar-refractivity contribution in [2.45, 2.75) is 0 Å². The Hall–Kier alpha value is -5.68. The summed E-state index contributed by atoms with van der Waals surface area (Å²) in [5.74, 6) is 1.78. The molecule has 4 nitrogen and oxygen atoms in total. The molecule has 0 unspecified atom stereocenters. The summed E-state index contributed by atoms with van der Waals surface area (Å²) in [5.41, 5.74) is 9.82. The van der Waals surface area contributed by atoms with Crippen LogP contribution in [0.3, 0.4) is 0 Å². The maximum Gasteiger partial charge on any atom is 0.164 e. The lowest BCUT2D eigenvalue weighted by Gasteiger charge is -2.12. The maximum atomic E-state index is 6.45. The fourth-order valence-electron chi connectivity index (χ4n) is 5.13. The standard InChI is InChI=1S/C38H25BN4/c39-35-23-33(29-15-13-28(14-16-29)32-12-7-21-40-25-32)22-34(24-35)38-42-36(30-10-5-2-6-11-30)41-37(43-38)31-19-17-27(18-20-31)26-8-3-1-4-9-26/h1-25H. The van der Waals surface area contributed by atoms with Gasteiger partial charge in [-0.25, -0.2) is 15.0 Å². The van der Waals surface area contributed by atoms with Gasteiger partial charge in [-0.2, -0.15) is 0 Å². The molecule has 0 amide bonds. The highest BCUT2D eigenvalue weighted by Gasteiger charge is 2.14. The van der Waals surface area contributed by atoms with E-state index < -0.39 is 0 Å². The second-order valence-corrected chi connectivity index (χ2v) is 10.3. The van der Waals surface area contributed by atoms with Crippen molar-refractivity contribution in [2.24, 2.45) is 0 Å². The van der Waals surface area contributed by atoms with Gasteiger partial charge in [-0.05, 0) is 45.5 Å². The molecular formula is C38H25BN4. The molecule has 2 heterocycles. The van der Waals surface area contributed by atoms with Gasteiger partial charge in [-0.1, -0.05) is 133 Å². The van der Waals surface area contributed by atoms with Gasteiger partial charge in [-0.3, -0.25) is 4.98 Å². The van der Waals surface area contributed by atoms with Crippen molar-refractivity contribution in [1.82, 2.24) is 19.9 Å². The predicted octanol–water partition coefficient (Wildman–Crippen LogP) is 8.06. The van der Waals surface area contributed by atoms with Gasteiger partial charge in [0.1, 0.15) is 7.85 Å². The molecule has 7 aromatic rings. The molecule has 7 rings (SSSR count). The summed E-state index contributed by atoms with van der Waals surface area (Å²) in [7, 11) is 6.45. The second kappa shape index (κ2) is 11.7. The molecule has 43 heavy (non-hydrogen) atoms. The molecule has 5 heteroatoms. The zero-order chi connectivity index (χ0) is 29.0. The third kappa shape index (κ3) is 5.74. The van der Waals surface area contributed by atoms with E-state index in [-0.39, 0.29) is 0 Å². The van der Waals surface area contributed by atoms with Crippen molar-refractivity contribution in [2.75, 3.05) is 0 Å². The monoisotopic (exact) mass is 548 g/mol. The smallest absolute Gasteiger partial charge is 0.164 e. The Labute approximate surface area is 252 Å². The molecule has 0 aliphatic carbocycles. The van der Waals surface area contributed by atoms with Crippen molar-refractivity contribution in [1.29, 1.82) is 0 Å². The Morgan fingerprint density at radius 2 is 0.767 bits per heavy atom. The van der Waals surface area contributed by atoms with Crippen LogP contribution in [-0.4, -0.2) is 27.8 Å². The van der Waals surface area contributed by atoms with Crippen LogP contribution >= 0.6 is 0 Å². The van der Waals surface area contributed by atoms with Crippen LogP contribution in [0, 0.1) is 0 Å². The topological polar surface area (TPSA) is 51.6 Å².